The molecule has 0 aliphatic heterocycles. The highest BCUT2D eigenvalue weighted by Crippen LogP contribution is 2.34. The number of ether oxygens (including phenoxy) is 1. The summed E-state index contributed by atoms with van der Waals surface area (Å²) in [5.41, 5.74) is 5.07. The molecule has 0 amide bonds. The van der Waals surface area contributed by atoms with E-state index in [2.05, 4.69) is 31.2 Å². The van der Waals surface area contributed by atoms with Crippen molar-refractivity contribution in [2.24, 2.45) is 0 Å². The maximum Gasteiger partial charge on any atom is 0.343 e. The van der Waals surface area contributed by atoms with Crippen molar-refractivity contribution >= 4 is 27.5 Å². The van der Waals surface area contributed by atoms with Crippen molar-refractivity contribution in [2.75, 3.05) is 0 Å². The standard InChI is InChI=1S/C27H25NO2S/c1-18-10-15-24-25(16-18)31-26(28-24)20-11-13-21(14-12-20)27(29)30-23-9-5-8-22(17-23)19-6-3-2-4-7-19/h5,8-17,19H,2-4,6-7H2,1H3. The Morgan fingerprint density at radius 1 is 0.968 bits per heavy atom. The van der Waals surface area contributed by atoms with Crippen LogP contribution < -0.4 is 4.74 Å². The van der Waals surface area contributed by atoms with Crippen LogP contribution in [-0.2, 0) is 0 Å². The van der Waals surface area contributed by atoms with Gasteiger partial charge < -0.3 is 4.74 Å². The van der Waals surface area contributed by atoms with Crippen LogP contribution in [0.1, 0.15) is 59.5 Å². The number of carbonyl (C=O) groups excluding carboxylic acids is 1. The lowest BCUT2D eigenvalue weighted by Gasteiger charge is -2.22. The first kappa shape index (κ1) is 20.0. The van der Waals surface area contributed by atoms with Crippen molar-refractivity contribution in [3.8, 4) is 16.3 Å². The second kappa shape index (κ2) is 8.64. The van der Waals surface area contributed by atoms with Gasteiger partial charge in [0.1, 0.15) is 10.8 Å². The van der Waals surface area contributed by atoms with Crippen LogP contribution in [0.3, 0.4) is 0 Å². The van der Waals surface area contributed by atoms with E-state index in [4.69, 9.17) is 9.72 Å². The van der Waals surface area contributed by atoms with E-state index >= 15 is 0 Å². The van der Waals surface area contributed by atoms with Crippen LogP contribution in [0.4, 0.5) is 0 Å². The molecule has 0 atom stereocenters. The van der Waals surface area contributed by atoms with E-state index in [1.165, 1.54) is 47.9 Å². The lowest BCUT2D eigenvalue weighted by atomic mass is 9.84. The van der Waals surface area contributed by atoms with Gasteiger partial charge in [0.2, 0.25) is 0 Å². The zero-order chi connectivity index (χ0) is 21.2. The Hall–Kier alpha value is -2.98. The van der Waals surface area contributed by atoms with E-state index < -0.39 is 0 Å². The quantitative estimate of drug-likeness (QED) is 0.249. The molecule has 4 aromatic rings. The molecule has 3 aromatic carbocycles. The monoisotopic (exact) mass is 427 g/mol. The zero-order valence-corrected chi connectivity index (χ0v) is 18.5. The Labute approximate surface area is 186 Å². The van der Waals surface area contributed by atoms with E-state index in [9.17, 15) is 4.79 Å². The minimum atomic E-state index is -0.327. The van der Waals surface area contributed by atoms with Crippen LogP contribution >= 0.6 is 11.3 Å². The Morgan fingerprint density at radius 2 is 1.77 bits per heavy atom. The minimum absolute atomic E-state index is 0.327. The molecule has 31 heavy (non-hydrogen) atoms. The molecule has 1 heterocycles. The molecule has 5 rings (SSSR count). The maximum atomic E-state index is 12.7. The van der Waals surface area contributed by atoms with Crippen LogP contribution in [0.2, 0.25) is 0 Å². The smallest absolute Gasteiger partial charge is 0.343 e. The fourth-order valence-corrected chi connectivity index (χ4v) is 5.41. The number of nitrogens with zero attached hydrogens (tertiary/aromatic N) is 1. The van der Waals surface area contributed by atoms with Crippen LogP contribution in [-0.4, -0.2) is 11.0 Å². The van der Waals surface area contributed by atoms with Crippen molar-refractivity contribution in [3.63, 3.8) is 0 Å². The van der Waals surface area contributed by atoms with Gasteiger partial charge in [-0.25, -0.2) is 9.78 Å². The molecule has 1 fully saturated rings. The molecule has 1 saturated carbocycles. The van der Waals surface area contributed by atoms with Crippen LogP contribution in [0, 0.1) is 6.92 Å². The highest BCUT2D eigenvalue weighted by atomic mass is 32.1. The third kappa shape index (κ3) is 4.40. The number of fused-ring (bicyclic) bond motifs is 1. The van der Waals surface area contributed by atoms with Gasteiger partial charge in [0.25, 0.3) is 0 Å². The van der Waals surface area contributed by atoms with Gasteiger partial charge in [-0.15, -0.1) is 11.3 Å². The number of benzene rings is 3. The summed E-state index contributed by atoms with van der Waals surface area (Å²) in [6.07, 6.45) is 6.36. The van der Waals surface area contributed by atoms with E-state index in [1.807, 2.05) is 42.5 Å². The average Bonchev–Trinajstić information content (AvgIpc) is 3.23. The molecule has 0 spiro atoms. The Kier molecular flexibility index (Phi) is 5.56. The largest absolute Gasteiger partial charge is 0.423 e. The van der Waals surface area contributed by atoms with Crippen LogP contribution in [0.15, 0.2) is 66.7 Å². The first-order chi connectivity index (χ1) is 15.2. The second-order valence-electron chi connectivity index (χ2n) is 8.36. The number of aromatic nitrogens is 1. The van der Waals surface area contributed by atoms with Crippen LogP contribution in [0.5, 0.6) is 5.75 Å². The number of hydrogen-bond acceptors (Lipinski definition) is 4. The third-order valence-electron chi connectivity index (χ3n) is 6.06. The summed E-state index contributed by atoms with van der Waals surface area (Å²) in [6.45, 7) is 2.09. The molecule has 1 aliphatic rings. The molecule has 0 N–H and O–H groups in total. The second-order valence-corrected chi connectivity index (χ2v) is 9.40. The summed E-state index contributed by atoms with van der Waals surface area (Å²) in [4.78, 5) is 17.4. The van der Waals surface area contributed by atoms with Gasteiger partial charge in [0.15, 0.2) is 0 Å². The summed E-state index contributed by atoms with van der Waals surface area (Å²) in [5.74, 6) is 0.884. The maximum absolute atomic E-state index is 12.7. The summed E-state index contributed by atoms with van der Waals surface area (Å²) in [6, 6.07) is 21.9. The zero-order valence-electron chi connectivity index (χ0n) is 17.6. The highest BCUT2D eigenvalue weighted by Gasteiger charge is 2.17. The number of esters is 1. The van der Waals surface area contributed by atoms with E-state index in [-0.39, 0.29) is 5.97 Å². The first-order valence-electron chi connectivity index (χ1n) is 11.0. The minimum Gasteiger partial charge on any atom is -0.423 e. The van der Waals surface area contributed by atoms with Gasteiger partial charge in [0, 0.05) is 5.56 Å². The highest BCUT2D eigenvalue weighted by molar-refractivity contribution is 7.21. The summed E-state index contributed by atoms with van der Waals surface area (Å²) in [5, 5.41) is 0.959. The fraction of sp³-hybridized carbons (Fsp3) is 0.259. The van der Waals surface area contributed by atoms with Crippen molar-refractivity contribution in [3.05, 3.63) is 83.4 Å². The molecule has 0 unspecified atom stereocenters. The third-order valence-corrected chi connectivity index (χ3v) is 7.12. The van der Waals surface area contributed by atoms with Gasteiger partial charge in [-0.1, -0.05) is 49.6 Å². The molecule has 0 bridgehead atoms. The van der Waals surface area contributed by atoms with Crippen molar-refractivity contribution in [2.45, 2.75) is 44.9 Å². The Balaban J connectivity index is 1.31. The van der Waals surface area contributed by atoms with Crippen molar-refractivity contribution < 1.29 is 9.53 Å². The lowest BCUT2D eigenvalue weighted by molar-refractivity contribution is 0.0734. The lowest BCUT2D eigenvalue weighted by Crippen LogP contribution is -2.09. The van der Waals surface area contributed by atoms with Crippen molar-refractivity contribution in [1.82, 2.24) is 4.98 Å². The molecule has 1 aromatic heterocycles. The van der Waals surface area contributed by atoms with Gasteiger partial charge in [-0.05, 0) is 73.2 Å². The SMILES string of the molecule is Cc1ccc2nc(-c3ccc(C(=O)Oc4cccc(C5CCCCC5)c4)cc3)sc2c1. The van der Waals surface area contributed by atoms with Gasteiger partial charge in [-0.3, -0.25) is 0 Å². The van der Waals surface area contributed by atoms with Crippen LogP contribution in [0.25, 0.3) is 20.8 Å². The van der Waals surface area contributed by atoms with Gasteiger partial charge in [-0.2, -0.15) is 0 Å². The predicted molar refractivity (Wildman–Crippen MR) is 127 cm³/mol. The Morgan fingerprint density at radius 3 is 2.58 bits per heavy atom. The van der Waals surface area contributed by atoms with Gasteiger partial charge >= 0.3 is 5.97 Å². The average molecular weight is 428 g/mol. The molecule has 0 radical (unpaired) electrons. The van der Waals surface area contributed by atoms with E-state index in [1.54, 1.807) is 11.3 Å². The number of hydrogen-bond donors (Lipinski definition) is 0. The molecule has 3 nitrogen and oxygen atoms in total. The number of rotatable bonds is 4. The number of aryl methyl sites for hydroxylation is 1. The molecule has 156 valence electrons. The van der Waals surface area contributed by atoms with Crippen molar-refractivity contribution in [1.29, 1.82) is 0 Å². The Bertz CT molecular complexity index is 1220. The predicted octanol–water partition coefficient (Wildman–Crippen LogP) is 7.54. The first-order valence-corrected chi connectivity index (χ1v) is 11.8. The molecule has 0 saturated heterocycles. The van der Waals surface area contributed by atoms with Gasteiger partial charge in [0.05, 0.1) is 15.8 Å². The topological polar surface area (TPSA) is 39.2 Å². The molecule has 1 aliphatic carbocycles. The molecular formula is C27H25NO2S. The number of thiazole rings is 1. The fourth-order valence-electron chi connectivity index (χ4n) is 4.34. The molecule has 4 heteroatoms. The summed E-state index contributed by atoms with van der Waals surface area (Å²) < 4.78 is 6.86. The van der Waals surface area contributed by atoms with E-state index in [0.29, 0.717) is 17.2 Å². The normalized spacial score (nSPS) is 14.6. The summed E-state index contributed by atoms with van der Waals surface area (Å²) in [7, 11) is 0. The molecular weight excluding hydrogens is 402 g/mol. The van der Waals surface area contributed by atoms with E-state index in [0.717, 1.165) is 16.1 Å². The number of carbonyl (C=O) groups is 1. The summed E-state index contributed by atoms with van der Waals surface area (Å²) >= 11 is 1.67.